The number of hydrogen-bond donors (Lipinski definition) is 0. The van der Waals surface area contributed by atoms with Crippen molar-refractivity contribution >= 4 is 5.97 Å². The molecule has 0 aromatic carbocycles. The van der Waals surface area contributed by atoms with Crippen LogP contribution in [0.1, 0.15) is 39.5 Å². The predicted molar refractivity (Wildman–Crippen MR) is 60.7 cm³/mol. The molecule has 15 heavy (non-hydrogen) atoms. The third-order valence-corrected chi connectivity index (χ3v) is 3.55. The first kappa shape index (κ1) is 12.5. The summed E-state index contributed by atoms with van der Waals surface area (Å²) in [6.45, 7) is 4.95. The fourth-order valence-corrected chi connectivity index (χ4v) is 2.59. The van der Waals surface area contributed by atoms with Crippen LogP contribution >= 0.6 is 0 Å². The topological polar surface area (TPSA) is 29.5 Å². The first-order valence-electron chi connectivity index (χ1n) is 5.90. The number of nitrogens with zero attached hydrogens (tertiary/aromatic N) is 1. The van der Waals surface area contributed by atoms with Crippen LogP contribution < -0.4 is 0 Å². The second-order valence-corrected chi connectivity index (χ2v) is 4.79. The van der Waals surface area contributed by atoms with Crippen molar-refractivity contribution in [3.8, 4) is 0 Å². The summed E-state index contributed by atoms with van der Waals surface area (Å²) in [5.74, 6) is -0.0436. The number of ether oxygens (including phenoxy) is 1. The molecule has 2 atom stereocenters. The van der Waals surface area contributed by atoms with Gasteiger partial charge in [-0.25, -0.2) is 0 Å². The van der Waals surface area contributed by atoms with Gasteiger partial charge < -0.3 is 4.74 Å². The maximum atomic E-state index is 11.7. The lowest BCUT2D eigenvalue weighted by atomic mass is 9.75. The van der Waals surface area contributed by atoms with Gasteiger partial charge in [0.15, 0.2) is 0 Å². The van der Waals surface area contributed by atoms with Gasteiger partial charge in [0.05, 0.1) is 6.61 Å². The van der Waals surface area contributed by atoms with Gasteiger partial charge in [0.2, 0.25) is 0 Å². The van der Waals surface area contributed by atoms with Crippen LogP contribution in [0.5, 0.6) is 0 Å². The molecule has 0 spiro atoms. The molecular formula is C12H23NO2. The lowest BCUT2D eigenvalue weighted by Crippen LogP contribution is -2.45. The Balaban J connectivity index is 2.81. The van der Waals surface area contributed by atoms with E-state index in [0.717, 1.165) is 12.8 Å². The molecule has 0 aliphatic carbocycles. The zero-order valence-electron chi connectivity index (χ0n) is 10.4. The van der Waals surface area contributed by atoms with Gasteiger partial charge in [-0.3, -0.25) is 9.69 Å². The van der Waals surface area contributed by atoms with E-state index in [4.69, 9.17) is 4.74 Å². The standard InChI is InChI=1S/C12H23NO2/c1-5-7-8-12(6-2)9-15-11(14)10(12)13(3)4/h10H,5-9H2,1-4H3. The van der Waals surface area contributed by atoms with Crippen LogP contribution in [0.15, 0.2) is 0 Å². The predicted octanol–water partition coefficient (Wildman–Crippen LogP) is 2.06. The molecule has 1 heterocycles. The Hall–Kier alpha value is -0.570. The van der Waals surface area contributed by atoms with Gasteiger partial charge in [-0.05, 0) is 26.9 Å². The number of rotatable bonds is 5. The van der Waals surface area contributed by atoms with Crippen LogP contribution in [0, 0.1) is 5.41 Å². The van der Waals surface area contributed by atoms with Crippen LogP contribution in [-0.4, -0.2) is 37.6 Å². The summed E-state index contributed by atoms with van der Waals surface area (Å²) in [6.07, 6.45) is 4.46. The molecule has 0 aromatic rings. The average Bonchev–Trinajstić information content (AvgIpc) is 2.53. The van der Waals surface area contributed by atoms with Crippen molar-refractivity contribution in [3.05, 3.63) is 0 Å². The molecule has 0 radical (unpaired) electrons. The highest BCUT2D eigenvalue weighted by Gasteiger charge is 2.49. The molecule has 3 heteroatoms. The lowest BCUT2D eigenvalue weighted by molar-refractivity contribution is -0.141. The molecule has 0 amide bonds. The number of cyclic esters (lactones) is 1. The molecule has 1 aliphatic heterocycles. The van der Waals surface area contributed by atoms with E-state index in [1.165, 1.54) is 12.8 Å². The second-order valence-electron chi connectivity index (χ2n) is 4.79. The molecule has 1 fully saturated rings. The SMILES string of the molecule is CCCCC1(CC)COC(=O)C1N(C)C. The molecule has 0 bridgehead atoms. The van der Waals surface area contributed by atoms with Gasteiger partial charge in [-0.15, -0.1) is 0 Å². The number of carbonyl (C=O) groups is 1. The molecule has 1 rings (SSSR count). The Morgan fingerprint density at radius 3 is 2.60 bits per heavy atom. The van der Waals surface area contributed by atoms with E-state index >= 15 is 0 Å². The van der Waals surface area contributed by atoms with Crippen LogP contribution in [0.25, 0.3) is 0 Å². The Kier molecular flexibility index (Phi) is 4.14. The number of hydrogen-bond acceptors (Lipinski definition) is 3. The number of carbonyl (C=O) groups excluding carboxylic acids is 1. The summed E-state index contributed by atoms with van der Waals surface area (Å²) in [4.78, 5) is 13.7. The highest BCUT2D eigenvalue weighted by Crippen LogP contribution is 2.40. The Labute approximate surface area is 92.8 Å². The van der Waals surface area contributed by atoms with E-state index in [9.17, 15) is 4.79 Å². The van der Waals surface area contributed by atoms with Crippen molar-refractivity contribution in [1.82, 2.24) is 4.90 Å². The summed E-state index contributed by atoms with van der Waals surface area (Å²) < 4.78 is 5.25. The molecule has 1 saturated heterocycles. The van der Waals surface area contributed by atoms with Gasteiger partial charge in [0.25, 0.3) is 0 Å². The van der Waals surface area contributed by atoms with Crippen molar-refractivity contribution in [2.24, 2.45) is 5.41 Å². The zero-order chi connectivity index (χ0) is 11.5. The maximum absolute atomic E-state index is 11.7. The van der Waals surface area contributed by atoms with E-state index in [-0.39, 0.29) is 17.4 Å². The molecule has 1 aliphatic rings. The van der Waals surface area contributed by atoms with Crippen molar-refractivity contribution < 1.29 is 9.53 Å². The van der Waals surface area contributed by atoms with Gasteiger partial charge in [0.1, 0.15) is 6.04 Å². The normalized spacial score (nSPS) is 31.0. The first-order chi connectivity index (χ1) is 7.07. The quantitative estimate of drug-likeness (QED) is 0.655. The first-order valence-corrected chi connectivity index (χ1v) is 5.90. The largest absolute Gasteiger partial charge is 0.464 e. The van der Waals surface area contributed by atoms with Crippen molar-refractivity contribution in [3.63, 3.8) is 0 Å². The van der Waals surface area contributed by atoms with Gasteiger partial charge in [0, 0.05) is 5.41 Å². The van der Waals surface area contributed by atoms with Gasteiger partial charge in [-0.2, -0.15) is 0 Å². The smallest absolute Gasteiger partial charge is 0.324 e. The lowest BCUT2D eigenvalue weighted by Gasteiger charge is -2.34. The zero-order valence-corrected chi connectivity index (χ0v) is 10.4. The van der Waals surface area contributed by atoms with Crippen molar-refractivity contribution in [2.45, 2.75) is 45.6 Å². The summed E-state index contributed by atoms with van der Waals surface area (Å²) >= 11 is 0. The van der Waals surface area contributed by atoms with Crippen LogP contribution in [0.3, 0.4) is 0 Å². The van der Waals surface area contributed by atoms with Gasteiger partial charge in [-0.1, -0.05) is 26.7 Å². The minimum Gasteiger partial charge on any atom is -0.464 e. The fraction of sp³-hybridized carbons (Fsp3) is 0.917. The Bertz CT molecular complexity index is 228. The summed E-state index contributed by atoms with van der Waals surface area (Å²) in [5.41, 5.74) is 0.0522. The minimum atomic E-state index is -0.0472. The van der Waals surface area contributed by atoms with E-state index in [1.54, 1.807) is 0 Å². The van der Waals surface area contributed by atoms with Crippen molar-refractivity contribution in [1.29, 1.82) is 0 Å². The molecule has 0 aromatic heterocycles. The number of esters is 1. The monoisotopic (exact) mass is 213 g/mol. The summed E-state index contributed by atoms with van der Waals surface area (Å²) in [5, 5.41) is 0. The third kappa shape index (κ3) is 2.33. The fourth-order valence-electron chi connectivity index (χ4n) is 2.59. The minimum absolute atomic E-state index is 0.0436. The highest BCUT2D eigenvalue weighted by molar-refractivity contribution is 5.79. The molecule has 88 valence electrons. The summed E-state index contributed by atoms with van der Waals surface area (Å²) in [6, 6.07) is -0.0472. The molecular weight excluding hydrogens is 190 g/mol. The van der Waals surface area contributed by atoms with Gasteiger partial charge >= 0.3 is 5.97 Å². The Morgan fingerprint density at radius 1 is 1.47 bits per heavy atom. The van der Waals surface area contributed by atoms with Crippen LogP contribution in [-0.2, 0) is 9.53 Å². The van der Waals surface area contributed by atoms with Crippen molar-refractivity contribution in [2.75, 3.05) is 20.7 Å². The maximum Gasteiger partial charge on any atom is 0.324 e. The van der Waals surface area contributed by atoms with E-state index in [2.05, 4.69) is 13.8 Å². The number of likely N-dealkylation sites (N-methyl/N-ethyl adjacent to an activating group) is 1. The highest BCUT2D eigenvalue weighted by atomic mass is 16.5. The average molecular weight is 213 g/mol. The van der Waals surface area contributed by atoms with Crippen LogP contribution in [0.4, 0.5) is 0 Å². The molecule has 0 saturated carbocycles. The van der Waals surface area contributed by atoms with E-state index in [0.29, 0.717) is 6.61 Å². The molecule has 3 nitrogen and oxygen atoms in total. The number of unbranched alkanes of at least 4 members (excludes halogenated alkanes) is 1. The van der Waals surface area contributed by atoms with Crippen LogP contribution in [0.2, 0.25) is 0 Å². The van der Waals surface area contributed by atoms with E-state index in [1.807, 2.05) is 19.0 Å². The Morgan fingerprint density at radius 2 is 2.13 bits per heavy atom. The second kappa shape index (κ2) is 4.97. The molecule has 2 unspecified atom stereocenters. The summed E-state index contributed by atoms with van der Waals surface area (Å²) in [7, 11) is 3.93. The third-order valence-electron chi connectivity index (χ3n) is 3.55. The molecule has 0 N–H and O–H groups in total. The van der Waals surface area contributed by atoms with E-state index < -0.39 is 0 Å².